The van der Waals surface area contributed by atoms with Crippen LogP contribution in [-0.2, 0) is 0 Å². The van der Waals surface area contributed by atoms with E-state index in [4.69, 9.17) is 4.42 Å². The van der Waals surface area contributed by atoms with Crippen molar-refractivity contribution in [2.45, 2.75) is 33.7 Å². The third-order valence-corrected chi connectivity index (χ3v) is 6.14. The third-order valence-electron chi connectivity index (χ3n) is 6.14. The van der Waals surface area contributed by atoms with Crippen LogP contribution in [0.1, 0.15) is 38.1 Å². The van der Waals surface area contributed by atoms with Crippen LogP contribution in [0.2, 0.25) is 0 Å². The lowest BCUT2D eigenvalue weighted by molar-refractivity contribution is 0.605. The predicted molar refractivity (Wildman–Crippen MR) is 134 cm³/mol. The van der Waals surface area contributed by atoms with E-state index in [1.165, 1.54) is 5.39 Å². The van der Waals surface area contributed by atoms with Gasteiger partial charge in [-0.15, -0.1) is 0 Å². The monoisotopic (exact) mass is 427 g/mol. The van der Waals surface area contributed by atoms with Gasteiger partial charge >= 0.3 is 0 Å². The number of benzene rings is 2. The molecule has 3 heterocycles. The average Bonchev–Trinajstić information content (AvgIpc) is 3.28. The Hall–Kier alpha value is -3.86. The van der Waals surface area contributed by atoms with Crippen molar-refractivity contribution in [1.82, 2.24) is 9.97 Å². The molecule has 0 aliphatic rings. The van der Waals surface area contributed by atoms with Gasteiger partial charge in [0.05, 0.1) is 16.9 Å². The summed E-state index contributed by atoms with van der Waals surface area (Å²) < 4.78 is 6.41. The van der Waals surface area contributed by atoms with Crippen molar-refractivity contribution in [3.8, 4) is 11.3 Å². The number of hydrogen-bond donors (Lipinski definition) is 2. The van der Waals surface area contributed by atoms with Crippen LogP contribution in [0.4, 0.5) is 5.69 Å². The number of aryl methyl sites for hydroxylation is 2. The molecule has 3 aromatic heterocycles. The topological polar surface area (TPSA) is 70.9 Å². The van der Waals surface area contributed by atoms with E-state index in [9.17, 15) is 4.79 Å². The molecule has 5 heteroatoms. The highest BCUT2D eigenvalue weighted by Crippen LogP contribution is 2.33. The van der Waals surface area contributed by atoms with Crippen LogP contribution in [0.15, 0.2) is 70.3 Å². The van der Waals surface area contributed by atoms with Gasteiger partial charge in [-0.1, -0.05) is 12.1 Å². The number of nitrogens with zero attached hydrogens (tertiary/aromatic N) is 1. The number of pyridine rings is 1. The summed E-state index contributed by atoms with van der Waals surface area (Å²) in [6, 6.07) is 14.0. The molecule has 5 nitrogen and oxygen atoms in total. The molecule has 164 valence electrons. The van der Waals surface area contributed by atoms with Crippen molar-refractivity contribution in [2.75, 3.05) is 5.32 Å². The lowest BCUT2D eigenvalue weighted by atomic mass is 9.98. The molecule has 0 aliphatic heterocycles. The van der Waals surface area contributed by atoms with Crippen molar-refractivity contribution in [3.63, 3.8) is 0 Å². The third kappa shape index (κ3) is 3.26. The molecule has 0 saturated carbocycles. The standard InChI is InChI=1S/C27H25N3O2.2H2/c1-15-12-21(18(4)30-23-8-7-19-9-11-29-24(19)16(23)2)27-22(13-15)25(31)17(3)26(32-27)20-6-5-10-28-14-20;;/h5-14,18,29-30H,1-4H3;2*1H/t18-;;/m1../s1. The number of rotatable bonds is 4. The quantitative estimate of drug-likeness (QED) is 0.326. The van der Waals surface area contributed by atoms with Crippen molar-refractivity contribution in [1.29, 1.82) is 0 Å². The predicted octanol–water partition coefficient (Wildman–Crippen LogP) is 6.93. The van der Waals surface area contributed by atoms with Crippen LogP contribution in [0.3, 0.4) is 0 Å². The van der Waals surface area contributed by atoms with Gasteiger partial charge in [-0.2, -0.15) is 0 Å². The summed E-state index contributed by atoms with van der Waals surface area (Å²) in [4.78, 5) is 20.8. The summed E-state index contributed by atoms with van der Waals surface area (Å²) in [5, 5.41) is 5.42. The van der Waals surface area contributed by atoms with Crippen molar-refractivity contribution in [3.05, 3.63) is 93.5 Å². The van der Waals surface area contributed by atoms with Gasteiger partial charge in [0.15, 0.2) is 5.43 Å². The molecule has 0 aliphatic carbocycles. The summed E-state index contributed by atoms with van der Waals surface area (Å²) in [6.45, 7) is 8.02. The van der Waals surface area contributed by atoms with Gasteiger partial charge in [-0.3, -0.25) is 9.78 Å². The van der Waals surface area contributed by atoms with Crippen LogP contribution in [0.5, 0.6) is 0 Å². The summed E-state index contributed by atoms with van der Waals surface area (Å²) in [6.07, 6.45) is 5.39. The van der Waals surface area contributed by atoms with E-state index in [1.807, 2.05) is 38.2 Å². The molecule has 0 amide bonds. The minimum absolute atomic E-state index is 0. The summed E-state index contributed by atoms with van der Waals surface area (Å²) in [5.41, 5.74) is 7.30. The molecule has 0 saturated heterocycles. The van der Waals surface area contributed by atoms with Gasteiger partial charge in [-0.05, 0) is 74.5 Å². The zero-order valence-corrected chi connectivity index (χ0v) is 18.6. The lowest BCUT2D eigenvalue weighted by Crippen LogP contribution is -2.13. The Morgan fingerprint density at radius 2 is 1.94 bits per heavy atom. The number of aromatic nitrogens is 2. The van der Waals surface area contributed by atoms with Crippen LogP contribution >= 0.6 is 0 Å². The fraction of sp³-hybridized carbons (Fsp3) is 0.185. The van der Waals surface area contributed by atoms with E-state index in [2.05, 4.69) is 53.4 Å². The molecule has 1 atom stereocenters. The maximum absolute atomic E-state index is 13.3. The number of nitrogens with one attached hydrogen (secondary N) is 2. The molecule has 0 spiro atoms. The number of fused-ring (bicyclic) bond motifs is 2. The van der Waals surface area contributed by atoms with Crippen LogP contribution < -0.4 is 10.7 Å². The van der Waals surface area contributed by atoms with E-state index in [1.54, 1.807) is 12.4 Å². The van der Waals surface area contributed by atoms with E-state index in [0.717, 1.165) is 33.5 Å². The molecule has 32 heavy (non-hydrogen) atoms. The minimum atomic E-state index is -0.0730. The molecule has 0 fully saturated rings. The number of H-pyrrole nitrogens is 1. The van der Waals surface area contributed by atoms with Crippen molar-refractivity contribution < 1.29 is 7.27 Å². The normalized spacial score (nSPS) is 12.4. The van der Waals surface area contributed by atoms with Crippen molar-refractivity contribution >= 4 is 27.6 Å². The fourth-order valence-electron chi connectivity index (χ4n) is 4.41. The molecule has 2 N–H and O–H groups in total. The lowest BCUT2D eigenvalue weighted by Gasteiger charge is -2.20. The van der Waals surface area contributed by atoms with E-state index < -0.39 is 0 Å². The Labute approximate surface area is 189 Å². The molecular weight excluding hydrogens is 398 g/mol. The minimum Gasteiger partial charge on any atom is -0.455 e. The Morgan fingerprint density at radius 3 is 2.72 bits per heavy atom. The molecule has 0 bridgehead atoms. The highest BCUT2D eigenvalue weighted by atomic mass is 16.3. The largest absolute Gasteiger partial charge is 0.455 e. The zero-order chi connectivity index (χ0) is 22.4. The molecule has 0 radical (unpaired) electrons. The second-order valence-electron chi connectivity index (χ2n) is 8.40. The first-order valence-electron chi connectivity index (χ1n) is 10.8. The van der Waals surface area contributed by atoms with Gasteiger partial charge in [0.2, 0.25) is 0 Å². The number of aromatic amines is 1. The van der Waals surface area contributed by atoms with Crippen LogP contribution in [-0.4, -0.2) is 9.97 Å². The van der Waals surface area contributed by atoms with Gasteiger partial charge in [0.1, 0.15) is 11.3 Å². The maximum Gasteiger partial charge on any atom is 0.196 e. The first-order valence-corrected chi connectivity index (χ1v) is 10.8. The summed E-state index contributed by atoms with van der Waals surface area (Å²) in [7, 11) is 0. The van der Waals surface area contributed by atoms with Crippen molar-refractivity contribution in [2.24, 2.45) is 0 Å². The second-order valence-corrected chi connectivity index (χ2v) is 8.40. The van der Waals surface area contributed by atoms with Gasteiger partial charge in [0.25, 0.3) is 0 Å². The maximum atomic E-state index is 13.3. The van der Waals surface area contributed by atoms with Gasteiger partial charge in [0, 0.05) is 43.8 Å². The highest BCUT2D eigenvalue weighted by Gasteiger charge is 2.19. The van der Waals surface area contributed by atoms with E-state index in [0.29, 0.717) is 22.3 Å². The molecule has 0 unspecified atom stereocenters. The molecule has 5 rings (SSSR count). The average molecular weight is 428 g/mol. The number of anilines is 1. The van der Waals surface area contributed by atoms with Crippen LogP contribution in [0, 0.1) is 20.8 Å². The Balaban J connectivity index is 0.00000162. The molecule has 5 aromatic rings. The highest BCUT2D eigenvalue weighted by molar-refractivity contribution is 5.88. The number of hydrogen-bond acceptors (Lipinski definition) is 4. The Bertz CT molecular complexity index is 1520. The first kappa shape index (κ1) is 20.1. The van der Waals surface area contributed by atoms with Crippen LogP contribution in [0.25, 0.3) is 33.2 Å². The van der Waals surface area contributed by atoms with Gasteiger partial charge in [-0.25, -0.2) is 0 Å². The smallest absolute Gasteiger partial charge is 0.196 e. The SMILES string of the molecule is Cc1cc([C@@H](C)Nc2ccc3cc[nH]c3c2C)c2oc(-c3cccnc3)c(C)c(=O)c2c1.[HH].[HH]. The summed E-state index contributed by atoms with van der Waals surface area (Å²) >= 11 is 0. The van der Waals surface area contributed by atoms with E-state index >= 15 is 0 Å². The Kier molecular flexibility index (Phi) is 4.82. The Morgan fingerprint density at radius 1 is 1.09 bits per heavy atom. The molecule has 2 aromatic carbocycles. The zero-order valence-electron chi connectivity index (χ0n) is 18.6. The summed E-state index contributed by atoms with van der Waals surface area (Å²) in [5.74, 6) is 0.567. The van der Waals surface area contributed by atoms with Gasteiger partial charge < -0.3 is 14.7 Å². The fourth-order valence-corrected chi connectivity index (χ4v) is 4.41. The van der Waals surface area contributed by atoms with E-state index in [-0.39, 0.29) is 14.3 Å². The first-order chi connectivity index (χ1) is 15.4. The second kappa shape index (κ2) is 7.68. The molecular formula is C27H29N3O2.